The number of aliphatic hydroxyl groups excluding tert-OH is 2. The van der Waals surface area contributed by atoms with Crippen LogP contribution in [-0.4, -0.2) is 43.8 Å². The zero-order chi connectivity index (χ0) is 13.5. The van der Waals surface area contributed by atoms with E-state index in [-0.39, 0.29) is 6.42 Å². The summed E-state index contributed by atoms with van der Waals surface area (Å²) in [5.74, 6) is 0. The Hall–Kier alpha value is -0.420. The van der Waals surface area contributed by atoms with Crippen molar-refractivity contribution in [3.05, 3.63) is 12.2 Å². The molecule has 17 heavy (non-hydrogen) atoms. The van der Waals surface area contributed by atoms with Gasteiger partial charge in [0.2, 0.25) is 0 Å². The molecule has 1 saturated carbocycles. The van der Waals surface area contributed by atoms with Crippen LogP contribution in [0.25, 0.3) is 0 Å². The third kappa shape index (κ3) is 2.55. The van der Waals surface area contributed by atoms with Crippen LogP contribution < -0.4 is 0 Å². The molecule has 0 aromatic rings. The fraction of sp³-hybridized carbons (Fsp3) is 0.846. The Morgan fingerprint density at radius 2 is 1.71 bits per heavy atom. The molecule has 0 amide bonds. The standard InChI is InChI=1S/C13H24O4/c1-9(14)5-6-13(17)11(2,3)7-10(15)8-12(13,4)16/h5-6,9-10,14-17H,7-8H2,1-4H3/b6-5+/t9-,10-,12+,13+/m0/s1. The molecule has 100 valence electrons. The van der Waals surface area contributed by atoms with Gasteiger partial charge in [0.1, 0.15) is 5.60 Å². The van der Waals surface area contributed by atoms with Crippen LogP contribution in [0, 0.1) is 5.41 Å². The summed E-state index contributed by atoms with van der Waals surface area (Å²) >= 11 is 0. The van der Waals surface area contributed by atoms with Crippen LogP contribution in [0.4, 0.5) is 0 Å². The molecule has 0 aliphatic heterocycles. The Morgan fingerprint density at radius 1 is 1.18 bits per heavy atom. The Bertz CT molecular complexity index is 287. The van der Waals surface area contributed by atoms with Gasteiger partial charge in [-0.2, -0.15) is 0 Å². The lowest BCUT2D eigenvalue weighted by molar-refractivity contribution is -0.217. The van der Waals surface area contributed by atoms with Gasteiger partial charge in [0.25, 0.3) is 0 Å². The summed E-state index contributed by atoms with van der Waals surface area (Å²) in [7, 11) is 0. The van der Waals surface area contributed by atoms with Gasteiger partial charge in [-0.25, -0.2) is 0 Å². The Labute approximate surface area is 103 Å². The third-order valence-electron chi connectivity index (χ3n) is 3.85. The summed E-state index contributed by atoms with van der Waals surface area (Å²) in [5, 5.41) is 40.1. The lowest BCUT2D eigenvalue weighted by Crippen LogP contribution is -2.65. The summed E-state index contributed by atoms with van der Waals surface area (Å²) in [6.45, 7) is 6.70. The second-order valence-corrected chi connectivity index (χ2v) is 6.09. The van der Waals surface area contributed by atoms with Crippen LogP contribution in [0.2, 0.25) is 0 Å². The fourth-order valence-corrected chi connectivity index (χ4v) is 2.84. The lowest BCUT2D eigenvalue weighted by Gasteiger charge is -2.54. The average Bonchev–Trinajstić information content (AvgIpc) is 2.09. The smallest absolute Gasteiger partial charge is 0.116 e. The van der Waals surface area contributed by atoms with E-state index >= 15 is 0 Å². The minimum Gasteiger partial charge on any atom is -0.393 e. The van der Waals surface area contributed by atoms with Gasteiger partial charge in [-0.15, -0.1) is 0 Å². The second-order valence-electron chi connectivity index (χ2n) is 6.09. The van der Waals surface area contributed by atoms with E-state index in [1.807, 2.05) is 0 Å². The van der Waals surface area contributed by atoms with Gasteiger partial charge in [-0.3, -0.25) is 0 Å². The monoisotopic (exact) mass is 244 g/mol. The van der Waals surface area contributed by atoms with Crippen LogP contribution in [0.5, 0.6) is 0 Å². The molecule has 4 heteroatoms. The van der Waals surface area contributed by atoms with E-state index < -0.39 is 28.8 Å². The predicted molar refractivity (Wildman–Crippen MR) is 65.4 cm³/mol. The van der Waals surface area contributed by atoms with Crippen molar-refractivity contribution in [3.63, 3.8) is 0 Å². The van der Waals surface area contributed by atoms with Gasteiger partial charge >= 0.3 is 0 Å². The minimum absolute atomic E-state index is 0.122. The molecule has 0 spiro atoms. The first-order valence-electron chi connectivity index (χ1n) is 6.02. The van der Waals surface area contributed by atoms with Gasteiger partial charge in [-0.05, 0) is 20.3 Å². The molecule has 0 bridgehead atoms. The van der Waals surface area contributed by atoms with E-state index in [2.05, 4.69) is 0 Å². The zero-order valence-electron chi connectivity index (χ0n) is 11.0. The van der Waals surface area contributed by atoms with Crippen LogP contribution in [-0.2, 0) is 0 Å². The van der Waals surface area contributed by atoms with Crippen molar-refractivity contribution in [1.82, 2.24) is 0 Å². The van der Waals surface area contributed by atoms with Gasteiger partial charge in [0.05, 0.1) is 17.8 Å². The fourth-order valence-electron chi connectivity index (χ4n) is 2.84. The van der Waals surface area contributed by atoms with Gasteiger partial charge in [0.15, 0.2) is 0 Å². The van der Waals surface area contributed by atoms with Crippen LogP contribution in [0.15, 0.2) is 12.2 Å². The molecule has 4 nitrogen and oxygen atoms in total. The zero-order valence-corrected chi connectivity index (χ0v) is 11.0. The van der Waals surface area contributed by atoms with Crippen LogP contribution >= 0.6 is 0 Å². The normalized spacial score (nSPS) is 43.9. The maximum atomic E-state index is 10.7. The molecule has 1 aliphatic rings. The lowest BCUT2D eigenvalue weighted by atomic mass is 9.57. The first-order chi connectivity index (χ1) is 7.52. The maximum Gasteiger partial charge on any atom is 0.116 e. The van der Waals surface area contributed by atoms with E-state index in [4.69, 9.17) is 0 Å². The molecule has 0 saturated heterocycles. The molecule has 0 aromatic heterocycles. The van der Waals surface area contributed by atoms with Gasteiger partial charge in [0, 0.05) is 11.8 Å². The van der Waals surface area contributed by atoms with E-state index in [1.165, 1.54) is 19.1 Å². The minimum atomic E-state index is -1.46. The van der Waals surface area contributed by atoms with Crippen LogP contribution in [0.3, 0.4) is 0 Å². The molecular formula is C13H24O4. The predicted octanol–water partition coefficient (Wildman–Crippen LogP) is 0.586. The largest absolute Gasteiger partial charge is 0.393 e. The molecule has 0 heterocycles. The molecular weight excluding hydrogens is 220 g/mol. The van der Waals surface area contributed by atoms with Crippen molar-refractivity contribution >= 4 is 0 Å². The highest BCUT2D eigenvalue weighted by molar-refractivity contribution is 5.21. The maximum absolute atomic E-state index is 10.7. The van der Waals surface area contributed by atoms with Crippen molar-refractivity contribution in [2.75, 3.05) is 0 Å². The quantitative estimate of drug-likeness (QED) is 0.536. The molecule has 0 aromatic carbocycles. The molecule has 1 rings (SSSR count). The summed E-state index contributed by atoms with van der Waals surface area (Å²) in [6.07, 6.45) is 2.15. The van der Waals surface area contributed by atoms with Crippen molar-refractivity contribution in [1.29, 1.82) is 0 Å². The summed E-state index contributed by atoms with van der Waals surface area (Å²) in [6, 6.07) is 0. The van der Waals surface area contributed by atoms with E-state index in [0.717, 1.165) is 0 Å². The number of hydrogen-bond donors (Lipinski definition) is 4. The molecule has 1 aliphatic carbocycles. The Kier molecular flexibility index (Phi) is 3.75. The van der Waals surface area contributed by atoms with Crippen molar-refractivity contribution in [2.24, 2.45) is 5.41 Å². The van der Waals surface area contributed by atoms with E-state index in [1.54, 1.807) is 20.8 Å². The van der Waals surface area contributed by atoms with Crippen molar-refractivity contribution in [3.8, 4) is 0 Å². The highest BCUT2D eigenvalue weighted by atomic mass is 16.4. The van der Waals surface area contributed by atoms with Gasteiger partial charge < -0.3 is 20.4 Å². The topological polar surface area (TPSA) is 80.9 Å². The van der Waals surface area contributed by atoms with E-state index in [9.17, 15) is 20.4 Å². The Morgan fingerprint density at radius 3 is 2.12 bits per heavy atom. The highest BCUT2D eigenvalue weighted by Crippen LogP contribution is 2.50. The molecule has 0 unspecified atom stereocenters. The highest BCUT2D eigenvalue weighted by Gasteiger charge is 2.58. The number of aliphatic hydroxyl groups is 4. The van der Waals surface area contributed by atoms with Crippen LogP contribution in [0.1, 0.15) is 40.5 Å². The summed E-state index contributed by atoms with van der Waals surface area (Å²) in [5.41, 5.74) is -3.55. The number of hydrogen-bond acceptors (Lipinski definition) is 4. The summed E-state index contributed by atoms with van der Waals surface area (Å²) in [4.78, 5) is 0. The molecule has 4 N–H and O–H groups in total. The Balaban J connectivity index is 3.15. The summed E-state index contributed by atoms with van der Waals surface area (Å²) < 4.78 is 0. The molecule has 0 radical (unpaired) electrons. The third-order valence-corrected chi connectivity index (χ3v) is 3.85. The first-order valence-corrected chi connectivity index (χ1v) is 6.02. The number of rotatable bonds is 2. The first kappa shape index (κ1) is 14.6. The SMILES string of the molecule is C[C@H](O)/C=C/[C@@]1(O)C(C)(C)C[C@H](O)C[C@@]1(C)O. The van der Waals surface area contributed by atoms with Crippen molar-refractivity contribution < 1.29 is 20.4 Å². The molecule has 1 fully saturated rings. The molecule has 4 atom stereocenters. The van der Waals surface area contributed by atoms with Gasteiger partial charge in [-0.1, -0.05) is 26.0 Å². The van der Waals surface area contributed by atoms with Crippen molar-refractivity contribution in [2.45, 2.75) is 63.9 Å². The second kappa shape index (κ2) is 4.35. The average molecular weight is 244 g/mol. The van der Waals surface area contributed by atoms with E-state index in [0.29, 0.717) is 6.42 Å².